The predicted molar refractivity (Wildman–Crippen MR) is 53.4 cm³/mol. The molecule has 0 aromatic heterocycles. The Labute approximate surface area is 83.9 Å². The number of ether oxygens (including phenoxy) is 3. The highest BCUT2D eigenvalue weighted by Gasteiger charge is 1.88. The third kappa shape index (κ3) is 11.7. The number of aliphatic imine (C=N–C) groups is 1. The quantitative estimate of drug-likeness (QED) is 0.317. The number of nitrogens with zero attached hydrogens (tertiary/aromatic N) is 1. The first-order valence-electron chi connectivity index (χ1n) is 4.10. The van der Waals surface area contributed by atoms with Crippen LogP contribution >= 0.6 is 12.2 Å². The Bertz CT molecular complexity index is 148. The van der Waals surface area contributed by atoms with Gasteiger partial charge in [0.25, 0.3) is 0 Å². The van der Waals surface area contributed by atoms with Crippen LogP contribution in [0.15, 0.2) is 4.99 Å². The Morgan fingerprint density at radius 1 is 1.08 bits per heavy atom. The van der Waals surface area contributed by atoms with Gasteiger partial charge in [-0.3, -0.25) is 0 Å². The van der Waals surface area contributed by atoms with Crippen molar-refractivity contribution in [3.8, 4) is 0 Å². The number of rotatable bonds is 9. The summed E-state index contributed by atoms with van der Waals surface area (Å²) >= 11 is 4.39. The van der Waals surface area contributed by atoms with Gasteiger partial charge in [0.2, 0.25) is 0 Å². The molecule has 0 aliphatic carbocycles. The maximum Gasteiger partial charge on any atom is 0.0727 e. The normalized spacial score (nSPS) is 9.62. The molecule has 0 N–H and O–H groups in total. The standard InChI is InChI=1S/C8H15NO3S/c1-10-4-5-12-7-6-11-3-2-9-8-13/h2-7H2,1H3. The van der Waals surface area contributed by atoms with Crippen LogP contribution in [0.25, 0.3) is 0 Å². The van der Waals surface area contributed by atoms with Gasteiger partial charge in [0.15, 0.2) is 0 Å². The molecule has 0 aliphatic rings. The van der Waals surface area contributed by atoms with E-state index in [1.807, 2.05) is 0 Å². The number of hydrogen-bond donors (Lipinski definition) is 0. The highest BCUT2D eigenvalue weighted by Crippen LogP contribution is 1.80. The van der Waals surface area contributed by atoms with Gasteiger partial charge in [0.05, 0.1) is 44.7 Å². The van der Waals surface area contributed by atoms with Crippen LogP contribution in [-0.2, 0) is 14.2 Å². The van der Waals surface area contributed by atoms with Gasteiger partial charge in [-0.2, -0.15) is 0 Å². The zero-order valence-corrected chi connectivity index (χ0v) is 8.64. The van der Waals surface area contributed by atoms with Crippen molar-refractivity contribution in [2.24, 2.45) is 4.99 Å². The van der Waals surface area contributed by atoms with E-state index in [-0.39, 0.29) is 0 Å². The van der Waals surface area contributed by atoms with E-state index in [0.29, 0.717) is 39.6 Å². The minimum absolute atomic E-state index is 0.567. The fourth-order valence-corrected chi connectivity index (χ4v) is 0.711. The number of isothiocyanates is 1. The average molecular weight is 205 g/mol. The number of methoxy groups -OCH3 is 1. The van der Waals surface area contributed by atoms with Crippen LogP contribution in [0.2, 0.25) is 0 Å². The molecule has 0 aromatic carbocycles. The van der Waals surface area contributed by atoms with E-state index in [0.717, 1.165) is 0 Å². The lowest BCUT2D eigenvalue weighted by Gasteiger charge is -2.03. The van der Waals surface area contributed by atoms with E-state index in [2.05, 4.69) is 22.4 Å². The molecule has 0 rings (SSSR count). The molecule has 0 unspecified atom stereocenters. The maximum absolute atomic E-state index is 5.17. The van der Waals surface area contributed by atoms with Crippen molar-refractivity contribution >= 4 is 17.4 Å². The van der Waals surface area contributed by atoms with Crippen molar-refractivity contribution in [1.29, 1.82) is 0 Å². The third-order valence-electron chi connectivity index (χ3n) is 1.22. The maximum atomic E-state index is 5.17. The minimum Gasteiger partial charge on any atom is -0.382 e. The van der Waals surface area contributed by atoms with Crippen LogP contribution in [0, 0.1) is 0 Å². The fourth-order valence-electron chi connectivity index (χ4n) is 0.620. The van der Waals surface area contributed by atoms with Crippen molar-refractivity contribution in [3.63, 3.8) is 0 Å². The van der Waals surface area contributed by atoms with Crippen LogP contribution < -0.4 is 0 Å². The zero-order chi connectivity index (χ0) is 9.78. The summed E-state index contributed by atoms with van der Waals surface area (Å²) in [7, 11) is 1.64. The Hall–Kier alpha value is -0.320. The summed E-state index contributed by atoms with van der Waals surface area (Å²) in [5.41, 5.74) is 0. The highest BCUT2D eigenvalue weighted by atomic mass is 32.1. The first-order valence-corrected chi connectivity index (χ1v) is 4.50. The van der Waals surface area contributed by atoms with E-state index < -0.39 is 0 Å². The van der Waals surface area contributed by atoms with Gasteiger partial charge in [0, 0.05) is 7.11 Å². The second kappa shape index (κ2) is 11.7. The Kier molecular flexibility index (Phi) is 11.4. The van der Waals surface area contributed by atoms with Crippen LogP contribution in [0.1, 0.15) is 0 Å². The average Bonchev–Trinajstić information content (AvgIpc) is 2.16. The lowest BCUT2D eigenvalue weighted by Crippen LogP contribution is -2.09. The van der Waals surface area contributed by atoms with Crippen molar-refractivity contribution in [2.45, 2.75) is 0 Å². The number of thiocarbonyl (C=S) groups is 1. The molecule has 4 nitrogen and oxygen atoms in total. The minimum atomic E-state index is 0.567. The lowest BCUT2D eigenvalue weighted by molar-refractivity contribution is 0.0268. The summed E-state index contributed by atoms with van der Waals surface area (Å²) in [6, 6.07) is 0. The molecule has 0 saturated carbocycles. The molecule has 0 spiro atoms. The summed E-state index contributed by atoms with van der Waals surface area (Å²) in [6.07, 6.45) is 0. The first kappa shape index (κ1) is 12.7. The van der Waals surface area contributed by atoms with E-state index in [1.54, 1.807) is 7.11 Å². The van der Waals surface area contributed by atoms with Gasteiger partial charge < -0.3 is 14.2 Å². The first-order chi connectivity index (χ1) is 6.41. The molecule has 13 heavy (non-hydrogen) atoms. The van der Waals surface area contributed by atoms with Crippen molar-refractivity contribution in [2.75, 3.05) is 46.7 Å². The second-order valence-electron chi connectivity index (χ2n) is 2.19. The summed E-state index contributed by atoms with van der Waals surface area (Å²) in [5.74, 6) is 0. The molecule has 0 saturated heterocycles. The second-order valence-corrected chi connectivity index (χ2v) is 2.37. The largest absolute Gasteiger partial charge is 0.382 e. The zero-order valence-electron chi connectivity index (χ0n) is 7.82. The van der Waals surface area contributed by atoms with Gasteiger partial charge in [-0.05, 0) is 12.2 Å². The smallest absolute Gasteiger partial charge is 0.0727 e. The van der Waals surface area contributed by atoms with Crippen LogP contribution in [0.5, 0.6) is 0 Å². The molecule has 0 amide bonds. The molecular weight excluding hydrogens is 190 g/mol. The molecule has 0 fully saturated rings. The fraction of sp³-hybridized carbons (Fsp3) is 0.875. The SMILES string of the molecule is COCCOCCOCCN=C=S. The van der Waals surface area contributed by atoms with Gasteiger partial charge in [-0.1, -0.05) is 0 Å². The van der Waals surface area contributed by atoms with Crippen LogP contribution in [0.3, 0.4) is 0 Å². The summed E-state index contributed by atoms with van der Waals surface area (Å²) in [6.45, 7) is 3.54. The summed E-state index contributed by atoms with van der Waals surface area (Å²) in [5, 5.41) is 2.27. The van der Waals surface area contributed by atoms with E-state index in [4.69, 9.17) is 14.2 Å². The van der Waals surface area contributed by atoms with Crippen LogP contribution in [0.4, 0.5) is 0 Å². The Morgan fingerprint density at radius 2 is 1.69 bits per heavy atom. The molecule has 76 valence electrons. The predicted octanol–water partition coefficient (Wildman–Crippen LogP) is 0.769. The topological polar surface area (TPSA) is 40.0 Å². The molecule has 0 atom stereocenters. The van der Waals surface area contributed by atoms with Crippen molar-refractivity contribution in [3.05, 3.63) is 0 Å². The molecule has 0 radical (unpaired) electrons. The van der Waals surface area contributed by atoms with E-state index in [1.165, 1.54) is 0 Å². The Balaban J connectivity index is 2.87. The van der Waals surface area contributed by atoms with Crippen LogP contribution in [-0.4, -0.2) is 51.9 Å². The summed E-state index contributed by atoms with van der Waals surface area (Å²) in [4.78, 5) is 3.70. The van der Waals surface area contributed by atoms with Crippen molar-refractivity contribution in [1.82, 2.24) is 0 Å². The Morgan fingerprint density at radius 3 is 2.31 bits per heavy atom. The third-order valence-corrected chi connectivity index (χ3v) is 1.34. The molecule has 0 aromatic rings. The van der Waals surface area contributed by atoms with Gasteiger partial charge in [0.1, 0.15) is 0 Å². The monoisotopic (exact) mass is 205 g/mol. The van der Waals surface area contributed by atoms with Gasteiger partial charge >= 0.3 is 0 Å². The molecule has 5 heteroatoms. The van der Waals surface area contributed by atoms with E-state index in [9.17, 15) is 0 Å². The lowest BCUT2D eigenvalue weighted by atomic mass is 10.7. The molecule has 0 bridgehead atoms. The molecule has 0 heterocycles. The van der Waals surface area contributed by atoms with E-state index >= 15 is 0 Å². The van der Waals surface area contributed by atoms with Crippen molar-refractivity contribution < 1.29 is 14.2 Å². The molecular formula is C8H15NO3S. The number of hydrogen-bond acceptors (Lipinski definition) is 5. The molecule has 0 aliphatic heterocycles. The van der Waals surface area contributed by atoms with Gasteiger partial charge in [-0.25, -0.2) is 4.99 Å². The summed E-state index contributed by atoms with van der Waals surface area (Å²) < 4.78 is 15.1. The van der Waals surface area contributed by atoms with Gasteiger partial charge in [-0.15, -0.1) is 0 Å². The highest BCUT2D eigenvalue weighted by molar-refractivity contribution is 7.78.